The SMILES string of the molecule is Cc1ccccc1CN(C(=O)COc1ccccc1C(C)C)[C@H](C)C(=O)NCC(C)C. The lowest BCUT2D eigenvalue weighted by molar-refractivity contribution is -0.142. The van der Waals surface area contributed by atoms with E-state index in [1.165, 1.54) is 0 Å². The first kappa shape index (κ1) is 24.4. The molecule has 0 aliphatic rings. The largest absolute Gasteiger partial charge is 0.483 e. The molecule has 0 aliphatic heterocycles. The van der Waals surface area contributed by atoms with E-state index in [0.29, 0.717) is 24.8 Å². The smallest absolute Gasteiger partial charge is 0.261 e. The van der Waals surface area contributed by atoms with Crippen molar-refractivity contribution in [2.24, 2.45) is 5.92 Å². The molecule has 0 unspecified atom stereocenters. The van der Waals surface area contributed by atoms with Gasteiger partial charge in [0.25, 0.3) is 5.91 Å². The van der Waals surface area contributed by atoms with Crippen LogP contribution in [0.15, 0.2) is 48.5 Å². The van der Waals surface area contributed by atoms with E-state index in [-0.39, 0.29) is 24.3 Å². The molecule has 31 heavy (non-hydrogen) atoms. The van der Waals surface area contributed by atoms with Crippen LogP contribution in [0.1, 0.15) is 57.2 Å². The van der Waals surface area contributed by atoms with E-state index in [1.54, 1.807) is 11.8 Å². The molecule has 2 amide bonds. The molecule has 0 aliphatic carbocycles. The second-order valence-corrected chi connectivity index (χ2v) is 8.74. The Morgan fingerprint density at radius 1 is 0.968 bits per heavy atom. The zero-order valence-corrected chi connectivity index (χ0v) is 19.6. The van der Waals surface area contributed by atoms with E-state index >= 15 is 0 Å². The Morgan fingerprint density at radius 3 is 2.26 bits per heavy atom. The third-order valence-corrected chi connectivity index (χ3v) is 5.35. The van der Waals surface area contributed by atoms with Crippen molar-refractivity contribution in [1.29, 1.82) is 0 Å². The van der Waals surface area contributed by atoms with E-state index in [4.69, 9.17) is 4.74 Å². The molecule has 0 fully saturated rings. The average Bonchev–Trinajstić information content (AvgIpc) is 2.74. The molecule has 0 heterocycles. The number of aryl methyl sites for hydroxylation is 1. The van der Waals surface area contributed by atoms with Gasteiger partial charge >= 0.3 is 0 Å². The molecule has 0 spiro atoms. The highest BCUT2D eigenvalue weighted by atomic mass is 16.5. The molecule has 0 saturated heterocycles. The summed E-state index contributed by atoms with van der Waals surface area (Å²) in [4.78, 5) is 27.6. The number of nitrogens with zero attached hydrogens (tertiary/aromatic N) is 1. The molecule has 168 valence electrons. The van der Waals surface area contributed by atoms with E-state index < -0.39 is 6.04 Å². The standard InChI is InChI=1S/C26H36N2O3/c1-18(2)15-27-26(30)21(6)28(16-22-12-8-7-11-20(22)5)25(29)17-31-24-14-10-9-13-23(24)19(3)4/h7-14,18-19,21H,15-17H2,1-6H3,(H,27,30)/t21-/m1/s1. The van der Waals surface area contributed by atoms with Crippen molar-refractivity contribution in [2.75, 3.05) is 13.2 Å². The Bertz CT molecular complexity index is 876. The summed E-state index contributed by atoms with van der Waals surface area (Å²) < 4.78 is 5.91. The summed E-state index contributed by atoms with van der Waals surface area (Å²) in [6.45, 7) is 12.9. The van der Waals surface area contributed by atoms with Crippen LogP contribution in [0.2, 0.25) is 0 Å². The number of carbonyl (C=O) groups excluding carboxylic acids is 2. The van der Waals surface area contributed by atoms with Crippen molar-refractivity contribution in [1.82, 2.24) is 10.2 Å². The van der Waals surface area contributed by atoms with Gasteiger partial charge in [-0.3, -0.25) is 9.59 Å². The fourth-order valence-electron chi connectivity index (χ4n) is 3.32. The molecule has 1 atom stereocenters. The predicted molar refractivity (Wildman–Crippen MR) is 125 cm³/mol. The molecule has 0 aromatic heterocycles. The minimum Gasteiger partial charge on any atom is -0.483 e. The van der Waals surface area contributed by atoms with Crippen molar-refractivity contribution in [3.05, 3.63) is 65.2 Å². The summed E-state index contributed by atoms with van der Waals surface area (Å²) in [7, 11) is 0. The second-order valence-electron chi connectivity index (χ2n) is 8.74. The van der Waals surface area contributed by atoms with Crippen LogP contribution >= 0.6 is 0 Å². The summed E-state index contributed by atoms with van der Waals surface area (Å²) in [5.41, 5.74) is 3.16. The third-order valence-electron chi connectivity index (χ3n) is 5.35. The van der Waals surface area contributed by atoms with Crippen LogP contribution in [0.25, 0.3) is 0 Å². The van der Waals surface area contributed by atoms with Crippen LogP contribution in [0, 0.1) is 12.8 Å². The number of rotatable bonds is 10. The van der Waals surface area contributed by atoms with Crippen LogP contribution in [0.3, 0.4) is 0 Å². The summed E-state index contributed by atoms with van der Waals surface area (Å²) in [6.07, 6.45) is 0. The van der Waals surface area contributed by atoms with Crippen LogP contribution < -0.4 is 10.1 Å². The maximum Gasteiger partial charge on any atom is 0.261 e. The molecular weight excluding hydrogens is 388 g/mol. The maximum atomic E-state index is 13.2. The second kappa shape index (κ2) is 11.5. The number of ether oxygens (including phenoxy) is 1. The van der Waals surface area contributed by atoms with Crippen LogP contribution in [0.5, 0.6) is 5.75 Å². The van der Waals surface area contributed by atoms with Gasteiger partial charge in [0.1, 0.15) is 11.8 Å². The number of nitrogens with one attached hydrogen (secondary N) is 1. The van der Waals surface area contributed by atoms with Gasteiger partial charge in [0.2, 0.25) is 5.91 Å². The van der Waals surface area contributed by atoms with E-state index in [2.05, 4.69) is 19.2 Å². The highest BCUT2D eigenvalue weighted by Gasteiger charge is 2.27. The minimum absolute atomic E-state index is 0.114. The van der Waals surface area contributed by atoms with Crippen molar-refractivity contribution in [2.45, 2.75) is 60.0 Å². The first-order valence-corrected chi connectivity index (χ1v) is 11.0. The average molecular weight is 425 g/mol. The number of para-hydroxylation sites is 1. The van der Waals surface area contributed by atoms with Crippen LogP contribution in [-0.2, 0) is 16.1 Å². The van der Waals surface area contributed by atoms with Crippen molar-refractivity contribution >= 4 is 11.8 Å². The molecule has 0 saturated carbocycles. The van der Waals surface area contributed by atoms with Gasteiger partial charge in [-0.25, -0.2) is 0 Å². The zero-order valence-electron chi connectivity index (χ0n) is 19.6. The predicted octanol–water partition coefficient (Wildman–Crippen LogP) is 4.69. The lowest BCUT2D eigenvalue weighted by atomic mass is 10.0. The fraction of sp³-hybridized carbons (Fsp3) is 0.462. The van der Waals surface area contributed by atoms with Gasteiger partial charge in [0.05, 0.1) is 0 Å². The molecule has 2 aromatic carbocycles. The Hall–Kier alpha value is -2.82. The number of hydrogen-bond donors (Lipinski definition) is 1. The van der Waals surface area contributed by atoms with Crippen LogP contribution in [0.4, 0.5) is 0 Å². The van der Waals surface area contributed by atoms with E-state index in [0.717, 1.165) is 16.7 Å². The molecule has 0 radical (unpaired) electrons. The Morgan fingerprint density at radius 2 is 1.61 bits per heavy atom. The van der Waals surface area contributed by atoms with Gasteiger partial charge in [-0.05, 0) is 48.4 Å². The Balaban J connectivity index is 2.19. The van der Waals surface area contributed by atoms with Gasteiger partial charge in [-0.1, -0.05) is 70.2 Å². The Kier molecular flexibility index (Phi) is 9.10. The summed E-state index contributed by atoms with van der Waals surface area (Å²) >= 11 is 0. The monoisotopic (exact) mass is 424 g/mol. The minimum atomic E-state index is -0.602. The van der Waals surface area contributed by atoms with Gasteiger partial charge in [-0.15, -0.1) is 0 Å². The topological polar surface area (TPSA) is 58.6 Å². The first-order chi connectivity index (χ1) is 14.7. The van der Waals surface area contributed by atoms with Crippen LogP contribution in [-0.4, -0.2) is 35.9 Å². The van der Waals surface area contributed by atoms with Gasteiger partial charge in [0.15, 0.2) is 6.61 Å². The molecule has 2 aromatic rings. The summed E-state index contributed by atoms with van der Waals surface area (Å²) in [5.74, 6) is 0.966. The number of benzene rings is 2. The van der Waals surface area contributed by atoms with E-state index in [9.17, 15) is 9.59 Å². The van der Waals surface area contributed by atoms with Crippen molar-refractivity contribution in [3.63, 3.8) is 0 Å². The van der Waals surface area contributed by atoms with Crippen molar-refractivity contribution < 1.29 is 14.3 Å². The lowest BCUT2D eigenvalue weighted by Crippen LogP contribution is -2.49. The quantitative estimate of drug-likeness (QED) is 0.602. The molecule has 2 rings (SSSR count). The van der Waals surface area contributed by atoms with Gasteiger partial charge in [-0.2, -0.15) is 0 Å². The summed E-state index contributed by atoms with van der Waals surface area (Å²) in [6, 6.07) is 15.1. The number of carbonyl (C=O) groups is 2. The molecular formula is C26H36N2O3. The summed E-state index contributed by atoms with van der Waals surface area (Å²) in [5, 5.41) is 2.94. The molecule has 1 N–H and O–H groups in total. The first-order valence-electron chi connectivity index (χ1n) is 11.0. The normalized spacial score (nSPS) is 12.0. The molecule has 5 heteroatoms. The maximum absolute atomic E-state index is 13.2. The fourth-order valence-corrected chi connectivity index (χ4v) is 3.32. The molecule has 5 nitrogen and oxygen atoms in total. The van der Waals surface area contributed by atoms with Gasteiger partial charge < -0.3 is 15.0 Å². The number of hydrogen-bond acceptors (Lipinski definition) is 3. The highest BCUT2D eigenvalue weighted by molar-refractivity contribution is 5.88. The molecule has 0 bridgehead atoms. The Labute approximate surface area is 186 Å². The number of amides is 2. The highest BCUT2D eigenvalue weighted by Crippen LogP contribution is 2.26. The third kappa shape index (κ3) is 7.12. The van der Waals surface area contributed by atoms with Gasteiger partial charge in [0, 0.05) is 13.1 Å². The zero-order chi connectivity index (χ0) is 23.0. The lowest BCUT2D eigenvalue weighted by Gasteiger charge is -2.29. The van der Waals surface area contributed by atoms with Crippen molar-refractivity contribution in [3.8, 4) is 5.75 Å². The van der Waals surface area contributed by atoms with E-state index in [1.807, 2.05) is 69.3 Å².